The number of H-pyrrole nitrogens is 1. The normalized spacial score (nSPS) is 17.2. The maximum atomic E-state index is 13.9. The number of Topliss-reactive ketones (excluding diaryl/α,β-unsaturated/α-hetero) is 1. The summed E-state index contributed by atoms with van der Waals surface area (Å²) in [5.74, 6) is -5.85. The minimum absolute atomic E-state index is 0.0575. The van der Waals surface area contributed by atoms with Gasteiger partial charge in [-0.1, -0.05) is 0 Å². The summed E-state index contributed by atoms with van der Waals surface area (Å²) in [6.45, 7) is 2.02. The molecule has 0 bridgehead atoms. The molecule has 2 aromatic heterocycles. The molecule has 3 heterocycles. The van der Waals surface area contributed by atoms with E-state index in [9.17, 15) is 27.6 Å². The number of ketones is 1. The van der Waals surface area contributed by atoms with Crippen LogP contribution in [-0.2, 0) is 30.3 Å². The monoisotopic (exact) mass is 501 g/mol. The number of aryl methyl sites for hydroxylation is 1. The average Bonchev–Trinajstić information content (AvgIpc) is 3.49. The van der Waals surface area contributed by atoms with Gasteiger partial charge in [-0.15, -0.1) is 4.68 Å². The van der Waals surface area contributed by atoms with Crippen LogP contribution >= 0.6 is 0 Å². The number of hydrogen-bond donors (Lipinski definition) is 3. The zero-order valence-corrected chi connectivity index (χ0v) is 19.6. The number of halogens is 3. The van der Waals surface area contributed by atoms with Gasteiger partial charge in [0.1, 0.15) is 18.4 Å². The van der Waals surface area contributed by atoms with Crippen molar-refractivity contribution in [2.24, 2.45) is 7.05 Å². The molecule has 1 aliphatic carbocycles. The number of aromatic nitrogens is 4. The third-order valence-electron chi connectivity index (χ3n) is 6.88. The van der Waals surface area contributed by atoms with Gasteiger partial charge in [0.2, 0.25) is 0 Å². The number of hydrogen-bond acceptors (Lipinski definition) is 4. The molecule has 0 atom stereocenters. The maximum Gasteiger partial charge on any atom is 0.294 e. The van der Waals surface area contributed by atoms with Gasteiger partial charge in [-0.25, -0.2) is 13.2 Å². The van der Waals surface area contributed by atoms with Crippen molar-refractivity contribution in [2.75, 3.05) is 5.32 Å². The number of carbonyl (C=O) groups is 3. The fraction of sp³-hybridized carbons (Fsp3) is 0.375. The molecule has 1 fully saturated rings. The van der Waals surface area contributed by atoms with Gasteiger partial charge in [-0.2, -0.15) is 5.10 Å². The molecule has 1 aliphatic heterocycles. The van der Waals surface area contributed by atoms with Crippen LogP contribution < -0.4 is 15.3 Å². The number of anilines is 1. The van der Waals surface area contributed by atoms with Crippen LogP contribution in [0.1, 0.15) is 57.1 Å². The fourth-order valence-corrected chi connectivity index (χ4v) is 5.36. The van der Waals surface area contributed by atoms with Crippen LogP contribution in [0.2, 0.25) is 0 Å². The van der Waals surface area contributed by atoms with E-state index < -0.39 is 47.7 Å². The molecule has 5 rings (SSSR count). The Bertz CT molecular complexity index is 1380. The molecule has 1 saturated carbocycles. The molecule has 12 heteroatoms. The number of nitrogens with one attached hydrogen (secondary N) is 3. The summed E-state index contributed by atoms with van der Waals surface area (Å²) < 4.78 is 44.1. The molecular formula is C24H24F3N6O3+. The van der Waals surface area contributed by atoms with Gasteiger partial charge in [-0.3, -0.25) is 14.4 Å². The summed E-state index contributed by atoms with van der Waals surface area (Å²) in [4.78, 5) is 39.6. The number of fused-ring (bicyclic) bond motifs is 1. The zero-order chi connectivity index (χ0) is 25.8. The Morgan fingerprint density at radius 2 is 1.86 bits per heavy atom. The number of amides is 2. The van der Waals surface area contributed by atoms with E-state index in [2.05, 4.69) is 20.9 Å². The largest absolute Gasteiger partial charge is 0.341 e. The van der Waals surface area contributed by atoms with Gasteiger partial charge in [-0.05, 0) is 49.6 Å². The SMILES string of the molecule is Cc1c(C(=O)Nc2ccc(F)cc2)c2n(c1C(=O)C(=O)NC1(c3c[nH]n[n+]3C)CC(F)(F)C1)CCC2. The molecule has 2 aliphatic rings. The lowest BCUT2D eigenvalue weighted by molar-refractivity contribution is -0.742. The first-order valence-electron chi connectivity index (χ1n) is 11.5. The Kier molecular flexibility index (Phi) is 5.49. The van der Waals surface area contributed by atoms with Crippen molar-refractivity contribution in [3.05, 3.63) is 64.5 Å². The van der Waals surface area contributed by atoms with Crippen molar-refractivity contribution in [1.29, 1.82) is 0 Å². The summed E-state index contributed by atoms with van der Waals surface area (Å²) >= 11 is 0. The van der Waals surface area contributed by atoms with E-state index in [0.29, 0.717) is 42.0 Å². The molecule has 3 aromatic rings. The minimum Gasteiger partial charge on any atom is -0.341 e. The van der Waals surface area contributed by atoms with Gasteiger partial charge in [0.15, 0.2) is 11.9 Å². The number of carbonyl (C=O) groups excluding carboxylic acids is 3. The molecule has 2 amide bonds. The van der Waals surface area contributed by atoms with Gasteiger partial charge < -0.3 is 15.2 Å². The lowest BCUT2D eigenvalue weighted by atomic mass is 9.71. The Balaban J connectivity index is 1.44. The highest BCUT2D eigenvalue weighted by Gasteiger charge is 2.62. The third kappa shape index (κ3) is 3.86. The van der Waals surface area contributed by atoms with Crippen LogP contribution in [0.25, 0.3) is 0 Å². The molecule has 188 valence electrons. The molecule has 3 N–H and O–H groups in total. The molecule has 1 aromatic carbocycles. The maximum absolute atomic E-state index is 13.9. The van der Waals surface area contributed by atoms with Crippen LogP contribution in [0.15, 0.2) is 30.5 Å². The number of rotatable bonds is 6. The topological polar surface area (TPSA) is 113 Å². The highest BCUT2D eigenvalue weighted by atomic mass is 19.3. The lowest BCUT2D eigenvalue weighted by Crippen LogP contribution is -2.64. The van der Waals surface area contributed by atoms with E-state index in [0.717, 1.165) is 0 Å². The van der Waals surface area contributed by atoms with Gasteiger partial charge in [0, 0.05) is 30.8 Å². The van der Waals surface area contributed by atoms with E-state index in [1.807, 2.05) is 0 Å². The van der Waals surface area contributed by atoms with Crippen LogP contribution in [0.5, 0.6) is 0 Å². The zero-order valence-electron chi connectivity index (χ0n) is 19.6. The van der Waals surface area contributed by atoms with Crippen molar-refractivity contribution in [3.63, 3.8) is 0 Å². The third-order valence-corrected chi connectivity index (χ3v) is 6.88. The lowest BCUT2D eigenvalue weighted by Gasteiger charge is -2.45. The smallest absolute Gasteiger partial charge is 0.294 e. The molecular weight excluding hydrogens is 477 g/mol. The van der Waals surface area contributed by atoms with Crippen LogP contribution in [0, 0.1) is 12.7 Å². The van der Waals surface area contributed by atoms with Crippen molar-refractivity contribution >= 4 is 23.3 Å². The van der Waals surface area contributed by atoms with E-state index in [4.69, 9.17) is 0 Å². The fourth-order valence-electron chi connectivity index (χ4n) is 5.36. The number of alkyl halides is 2. The number of benzene rings is 1. The molecule has 0 radical (unpaired) electrons. The second kappa shape index (κ2) is 8.32. The second-order valence-electron chi connectivity index (χ2n) is 9.37. The first-order valence-corrected chi connectivity index (χ1v) is 11.5. The number of aromatic amines is 1. The van der Waals surface area contributed by atoms with Crippen molar-refractivity contribution in [3.8, 4) is 0 Å². The second-order valence-corrected chi connectivity index (χ2v) is 9.37. The van der Waals surface area contributed by atoms with E-state index in [1.54, 1.807) is 18.5 Å². The summed E-state index contributed by atoms with van der Waals surface area (Å²) in [6, 6.07) is 5.27. The van der Waals surface area contributed by atoms with Crippen molar-refractivity contribution in [2.45, 2.75) is 50.6 Å². The Hall–Kier alpha value is -3.96. The Labute approximate surface area is 203 Å². The molecule has 0 saturated heterocycles. The summed E-state index contributed by atoms with van der Waals surface area (Å²) in [5, 5.41) is 11.7. The molecule has 9 nitrogen and oxygen atoms in total. The highest BCUT2D eigenvalue weighted by Crippen LogP contribution is 2.50. The first kappa shape index (κ1) is 23.8. The minimum atomic E-state index is -2.99. The Morgan fingerprint density at radius 3 is 2.47 bits per heavy atom. The van der Waals surface area contributed by atoms with E-state index in [1.165, 1.54) is 35.1 Å². The quantitative estimate of drug-likeness (QED) is 0.273. The molecule has 36 heavy (non-hydrogen) atoms. The predicted molar refractivity (Wildman–Crippen MR) is 120 cm³/mol. The Morgan fingerprint density at radius 1 is 1.17 bits per heavy atom. The summed E-state index contributed by atoms with van der Waals surface area (Å²) in [5.41, 5.74) is 0.535. The van der Waals surface area contributed by atoms with Crippen molar-refractivity contribution < 1.29 is 32.2 Å². The predicted octanol–water partition coefficient (Wildman–Crippen LogP) is 2.31. The standard InChI is InChI=1S/C24H23F3N6O3/c1-13-18(21(35)29-15-7-5-14(25)6-8-15)16-4-3-9-33(16)19(13)20(34)22(36)30-23(11-24(26,27)12-23)17-10-28-31-32(17)2/h5-8,10H,3-4,9,11-12H2,1-2H3,(H2,29,30,35,36)/p+1. The van der Waals surface area contributed by atoms with Gasteiger partial charge >= 0.3 is 0 Å². The van der Waals surface area contributed by atoms with Gasteiger partial charge in [0.25, 0.3) is 23.5 Å². The first-order chi connectivity index (χ1) is 17.0. The molecule has 0 unspecified atom stereocenters. The summed E-state index contributed by atoms with van der Waals surface area (Å²) in [6.07, 6.45) is 1.29. The van der Waals surface area contributed by atoms with E-state index >= 15 is 0 Å². The van der Waals surface area contributed by atoms with Crippen LogP contribution in [-0.4, -0.2) is 38.4 Å². The molecule has 0 spiro atoms. The average molecular weight is 501 g/mol. The van der Waals surface area contributed by atoms with Crippen molar-refractivity contribution in [1.82, 2.24) is 20.2 Å². The summed E-state index contributed by atoms with van der Waals surface area (Å²) in [7, 11) is 1.55. The van der Waals surface area contributed by atoms with Gasteiger partial charge in [0.05, 0.1) is 16.5 Å². The van der Waals surface area contributed by atoms with Crippen LogP contribution in [0.3, 0.4) is 0 Å². The highest BCUT2D eigenvalue weighted by molar-refractivity contribution is 6.43. The van der Waals surface area contributed by atoms with E-state index in [-0.39, 0.29) is 11.3 Å². The number of nitrogens with zero attached hydrogens (tertiary/aromatic N) is 3. The van der Waals surface area contributed by atoms with Crippen LogP contribution in [0.4, 0.5) is 18.9 Å².